The van der Waals surface area contributed by atoms with Gasteiger partial charge in [0, 0.05) is 96.2 Å². The third kappa shape index (κ3) is 17.0. The molecule has 3 aromatic rings. The number of carbonyl (C=O) groups excluding carboxylic acids is 1. The Kier molecular flexibility index (Phi) is 22.8. The van der Waals surface area contributed by atoms with Gasteiger partial charge in [-0.2, -0.15) is 0 Å². The van der Waals surface area contributed by atoms with E-state index in [-0.39, 0.29) is 40.1 Å². The van der Waals surface area contributed by atoms with E-state index in [1.807, 2.05) is 63.8 Å². The van der Waals surface area contributed by atoms with Gasteiger partial charge in [-0.3, -0.25) is 4.79 Å². The number of ketones is 1. The second-order valence-corrected chi connectivity index (χ2v) is 34.8. The number of rotatable bonds is 8. The van der Waals surface area contributed by atoms with E-state index in [9.17, 15) is 22.2 Å². The molecule has 0 aliphatic carbocycles. The number of Topliss-reactive ketones (excluding diaryl/α,β-unsaturated/α-hetero) is 1. The fourth-order valence-electron chi connectivity index (χ4n) is 6.64. The molecule has 3 atom stereocenters. The number of anilines is 3. The van der Waals surface area contributed by atoms with E-state index in [0.717, 1.165) is 89.7 Å². The van der Waals surface area contributed by atoms with Crippen molar-refractivity contribution in [2.45, 2.75) is 58.4 Å². The monoisotopic (exact) mass is 1200 g/mol. The summed E-state index contributed by atoms with van der Waals surface area (Å²) in [6.07, 6.45) is 0. The van der Waals surface area contributed by atoms with Gasteiger partial charge in [0.2, 0.25) is 0 Å². The van der Waals surface area contributed by atoms with Crippen LogP contribution in [0.15, 0.2) is 54.6 Å². The molecule has 0 spiro atoms. The molecule has 0 bridgehead atoms. The maximum absolute atomic E-state index is 14.5. The molecule has 3 N–H and O–H groups in total. The number of hydrogen-bond donors (Lipinski definition) is 2. The fraction of sp³-hybridized carbons (Fsp3) is 0.558. The van der Waals surface area contributed by atoms with Crippen LogP contribution in [0.3, 0.4) is 0 Å². The second kappa shape index (κ2) is 25.8. The molecule has 3 saturated heterocycles. The Morgan fingerprint density at radius 1 is 0.667 bits per heavy atom. The standard InChI is InChI=1S/C17H28FN3OS.C13H20FN3.C13H17FN2O.I3/c1-13(19-23(22)17(2,3)4)14-6-7-16(15(18)12-14)21-10-8-20(5)9-11-21;1-10(15)11-3-4-13(12(14)9-11)17-7-5-16(2)6-8-17;1-10(17)11-3-4-13(12(14)9-11)16-7-5-15(2)6-8-16;1-3-2/h6-7,12-13,19H,8-11H2,1-5H3;3-4,9-10H,5-8,15H2,1-2H3;3-4,9H,5-8H2,1-2H3;/q;;;-1/t13-,23-;10-;;/m00../s1. The Morgan fingerprint density at radius 3 is 1.32 bits per heavy atom. The first-order valence-electron chi connectivity index (χ1n) is 20.3. The quantitative estimate of drug-likeness (QED) is 0.243. The van der Waals surface area contributed by atoms with Crippen molar-refractivity contribution in [3.05, 3.63) is 88.7 Å². The predicted molar refractivity (Wildman–Crippen MR) is 258 cm³/mol. The third-order valence-corrected chi connectivity index (χ3v) is 12.4. The van der Waals surface area contributed by atoms with Crippen LogP contribution in [0, 0.1) is 17.5 Å². The first-order valence-corrected chi connectivity index (χ1v) is 34.0. The average Bonchev–Trinajstić information content (AvgIpc) is 3.19. The molecule has 3 aromatic carbocycles. The van der Waals surface area contributed by atoms with Crippen molar-refractivity contribution in [3.63, 3.8) is 0 Å². The zero-order valence-corrected chi connectivity index (χ0v) is 43.9. The van der Waals surface area contributed by atoms with Crippen molar-refractivity contribution >= 4 is 71.1 Å². The zero-order valence-electron chi connectivity index (χ0n) is 36.6. The topological polar surface area (TPSA) is 91.6 Å². The number of nitrogens with two attached hydrogens (primary N) is 1. The van der Waals surface area contributed by atoms with Crippen LogP contribution >= 0.6 is 37.2 Å². The molecule has 0 aromatic heterocycles. The van der Waals surface area contributed by atoms with Crippen LogP contribution in [0.5, 0.6) is 0 Å². The van der Waals surface area contributed by atoms with E-state index in [1.165, 1.54) is 13.0 Å². The molecule has 338 valence electrons. The van der Waals surface area contributed by atoms with Crippen molar-refractivity contribution in [1.29, 1.82) is 0 Å². The molecule has 3 aliphatic heterocycles. The molecule has 0 saturated carbocycles. The van der Waals surface area contributed by atoms with Gasteiger partial charge in [-0.25, -0.2) is 22.1 Å². The first kappa shape index (κ1) is 53.0. The molecule has 3 heterocycles. The van der Waals surface area contributed by atoms with Gasteiger partial charge in [0.25, 0.3) is 0 Å². The summed E-state index contributed by atoms with van der Waals surface area (Å²) in [7, 11) is 5.06. The summed E-state index contributed by atoms with van der Waals surface area (Å²) in [5.41, 5.74) is 9.79. The van der Waals surface area contributed by atoms with Gasteiger partial charge in [0.1, 0.15) is 17.5 Å². The molecule has 3 aliphatic rings. The van der Waals surface area contributed by atoms with Crippen molar-refractivity contribution in [2.24, 2.45) is 5.73 Å². The molecule has 10 nitrogen and oxygen atoms in total. The van der Waals surface area contributed by atoms with Gasteiger partial charge in [-0.1, -0.05) is 12.1 Å². The van der Waals surface area contributed by atoms with Crippen molar-refractivity contribution in [3.8, 4) is 0 Å². The van der Waals surface area contributed by atoms with Gasteiger partial charge in [0.05, 0.1) is 32.8 Å². The van der Waals surface area contributed by atoms with Gasteiger partial charge in [-0.15, -0.1) is 0 Å². The Labute approximate surface area is 389 Å². The predicted octanol–water partition coefficient (Wildman–Crippen LogP) is 4.84. The number of piperazine rings is 3. The Morgan fingerprint density at radius 2 is 1.00 bits per heavy atom. The molecule has 6 rings (SSSR count). The van der Waals surface area contributed by atoms with Crippen LogP contribution in [0.1, 0.15) is 75.1 Å². The zero-order chi connectivity index (χ0) is 44.7. The summed E-state index contributed by atoms with van der Waals surface area (Å²) in [5.74, 6) is -0.775. The minimum absolute atomic E-state index is 0.103. The van der Waals surface area contributed by atoms with Crippen molar-refractivity contribution < 1.29 is 35.4 Å². The number of carbonyl (C=O) groups is 1. The average molecular weight is 1200 g/mol. The minimum atomic E-state index is -1.18. The van der Waals surface area contributed by atoms with Crippen LogP contribution in [0.4, 0.5) is 30.2 Å². The van der Waals surface area contributed by atoms with E-state index in [0.29, 0.717) is 35.9 Å². The van der Waals surface area contributed by atoms with Crippen molar-refractivity contribution in [1.82, 2.24) is 19.4 Å². The molecular formula is C43H65F3I3N8O2S-. The number of nitrogens with one attached hydrogen (secondary N) is 1. The number of nitrogens with zero attached hydrogens (tertiary/aromatic N) is 6. The number of hydrogen-bond acceptors (Lipinski definition) is 9. The summed E-state index contributed by atoms with van der Waals surface area (Å²) < 4.78 is 57.3. The normalized spacial score (nSPS) is 18.3. The van der Waals surface area contributed by atoms with Gasteiger partial charge < -0.3 is 35.1 Å². The Bertz CT molecular complexity index is 1820. The van der Waals surface area contributed by atoms with Gasteiger partial charge >= 0.3 is 50.5 Å². The van der Waals surface area contributed by atoms with Crippen LogP contribution in [0.25, 0.3) is 0 Å². The molecule has 3 fully saturated rings. The molecular weight excluding hydrogens is 1130 g/mol. The molecule has 0 amide bonds. The summed E-state index contributed by atoms with van der Waals surface area (Å²) in [6, 6.07) is 15.1. The summed E-state index contributed by atoms with van der Waals surface area (Å²) >= 11 is 5.30. The number of likely N-dealkylation sites (N-methyl/N-ethyl adjacent to an activating group) is 3. The molecule has 0 unspecified atom stereocenters. The van der Waals surface area contributed by atoms with Crippen LogP contribution in [0.2, 0.25) is 0 Å². The van der Waals surface area contributed by atoms with E-state index in [2.05, 4.69) is 87.6 Å². The SMILES string of the molecule is CC(=O)c1ccc(N2CCN(C)CC2)c(F)c1.C[C@H](N)c1ccc(N2CCN(C)CC2)c(F)c1.C[C@H](N[S@@](=O)C(C)(C)C)c1ccc(N2CCN(C)CC2)c(F)c1.I[I-]I. The fourth-order valence-corrected chi connectivity index (χ4v) is 7.45. The van der Waals surface area contributed by atoms with Gasteiger partial charge in [-0.05, 0) is 116 Å². The van der Waals surface area contributed by atoms with E-state index < -0.39 is 11.0 Å². The second-order valence-electron chi connectivity index (χ2n) is 16.6. The number of benzene rings is 3. The molecule has 0 radical (unpaired) electrons. The van der Waals surface area contributed by atoms with E-state index >= 15 is 0 Å². The third-order valence-electron chi connectivity index (χ3n) is 10.7. The van der Waals surface area contributed by atoms with Crippen LogP contribution in [-0.2, 0) is 11.0 Å². The van der Waals surface area contributed by atoms with Crippen molar-refractivity contribution in [2.75, 3.05) is 114 Å². The van der Waals surface area contributed by atoms with E-state index in [1.54, 1.807) is 24.3 Å². The molecule has 17 heteroatoms. The summed E-state index contributed by atoms with van der Waals surface area (Å²) in [6.45, 7) is 21.8. The first-order chi connectivity index (χ1) is 28.2. The Hall–Kier alpha value is -1.34. The summed E-state index contributed by atoms with van der Waals surface area (Å²) in [4.78, 5) is 24.1. The van der Waals surface area contributed by atoms with Gasteiger partial charge in [0.15, 0.2) is 5.78 Å². The Balaban J connectivity index is 0.000000236. The maximum atomic E-state index is 14.5. The number of halogens is 6. The van der Waals surface area contributed by atoms with E-state index in [4.69, 9.17) is 5.73 Å². The van der Waals surface area contributed by atoms with Crippen LogP contribution in [-0.4, -0.2) is 129 Å². The van der Waals surface area contributed by atoms with Crippen LogP contribution < -0.4 is 38.4 Å². The summed E-state index contributed by atoms with van der Waals surface area (Å²) in [5, 5.41) is 0. The molecule has 60 heavy (non-hydrogen) atoms.